The van der Waals surface area contributed by atoms with Gasteiger partial charge in [-0.15, -0.1) is 0 Å². The molecule has 0 saturated carbocycles. The number of Topliss-reactive ketones (excluding diaryl/α,β-unsaturated/α-hetero) is 1. The number of hydrogen-bond acceptors (Lipinski definition) is 2. The zero-order valence-electron chi connectivity index (χ0n) is 12.6. The summed E-state index contributed by atoms with van der Waals surface area (Å²) in [6.45, 7) is 1.77. The Hall–Kier alpha value is -2.11. The Morgan fingerprint density at radius 1 is 1.17 bits per heavy atom. The largest absolute Gasteiger partial charge is 0.416 e. The second-order valence-corrected chi connectivity index (χ2v) is 6.16. The van der Waals surface area contributed by atoms with Gasteiger partial charge in [-0.1, -0.05) is 12.1 Å². The molecule has 0 aromatic heterocycles. The zero-order chi connectivity index (χ0) is 16.8. The van der Waals surface area contributed by atoms with Gasteiger partial charge in [0.2, 0.25) is 5.91 Å². The van der Waals surface area contributed by atoms with Crippen LogP contribution in [0.1, 0.15) is 38.2 Å². The lowest BCUT2D eigenvalue weighted by Crippen LogP contribution is -2.48. The summed E-state index contributed by atoms with van der Waals surface area (Å²) in [7, 11) is 0. The molecule has 1 fully saturated rings. The number of anilines is 1. The van der Waals surface area contributed by atoms with Crippen LogP contribution in [0.15, 0.2) is 36.0 Å². The van der Waals surface area contributed by atoms with Crippen molar-refractivity contribution in [3.63, 3.8) is 0 Å². The minimum Gasteiger partial charge on any atom is -0.299 e. The van der Waals surface area contributed by atoms with Crippen LogP contribution < -0.4 is 4.90 Å². The second-order valence-electron chi connectivity index (χ2n) is 6.16. The van der Waals surface area contributed by atoms with Crippen LogP contribution >= 0.6 is 0 Å². The Kier molecular flexibility index (Phi) is 3.58. The average molecular weight is 323 g/mol. The minimum absolute atomic E-state index is 0.0412. The van der Waals surface area contributed by atoms with E-state index >= 15 is 0 Å². The smallest absolute Gasteiger partial charge is 0.299 e. The number of fused-ring (bicyclic) bond motifs is 1. The van der Waals surface area contributed by atoms with Crippen molar-refractivity contribution in [2.45, 2.75) is 38.8 Å². The summed E-state index contributed by atoms with van der Waals surface area (Å²) in [5.41, 5.74) is -0.917. The third kappa shape index (κ3) is 2.56. The summed E-state index contributed by atoms with van der Waals surface area (Å²) in [5.74, 6) is -0.234. The summed E-state index contributed by atoms with van der Waals surface area (Å²) in [4.78, 5) is 25.9. The first-order valence-corrected chi connectivity index (χ1v) is 7.47. The maximum absolute atomic E-state index is 12.9. The van der Waals surface area contributed by atoms with Crippen LogP contribution in [-0.2, 0) is 15.8 Å². The number of hydrogen-bond donors (Lipinski definition) is 0. The number of carbonyl (C=O) groups excluding carboxylic acids is 2. The molecule has 1 aromatic carbocycles. The van der Waals surface area contributed by atoms with Crippen LogP contribution in [0.25, 0.3) is 0 Å². The minimum atomic E-state index is -4.48. The van der Waals surface area contributed by atoms with E-state index in [0.717, 1.165) is 12.1 Å². The molecule has 0 radical (unpaired) electrons. The van der Waals surface area contributed by atoms with Crippen molar-refractivity contribution >= 4 is 17.4 Å². The standard InChI is InChI=1S/C17H16F3NO2/c1-16-9-8-15(23)21(13(16)6-3-7-14(16)22)12-5-2-4-11(10-12)17(18,19)20/h2,4-6,10H,3,7-9H2,1H3. The normalized spacial score (nSPS) is 25.2. The summed E-state index contributed by atoms with van der Waals surface area (Å²) in [6, 6.07) is 4.68. The second kappa shape index (κ2) is 5.22. The number of benzene rings is 1. The molecular weight excluding hydrogens is 307 g/mol. The molecule has 2 aliphatic rings. The summed E-state index contributed by atoms with van der Waals surface area (Å²) >= 11 is 0. The van der Waals surface area contributed by atoms with Crippen LogP contribution in [0.3, 0.4) is 0 Å². The number of rotatable bonds is 1. The number of halogens is 3. The summed E-state index contributed by atoms with van der Waals surface area (Å²) in [5, 5.41) is 0. The monoisotopic (exact) mass is 323 g/mol. The van der Waals surface area contributed by atoms with Crippen molar-refractivity contribution in [1.29, 1.82) is 0 Å². The Bertz CT molecular complexity index is 708. The van der Waals surface area contributed by atoms with Gasteiger partial charge in [0.1, 0.15) is 5.78 Å². The molecule has 0 bridgehead atoms. The molecule has 1 aromatic rings. The third-order valence-electron chi connectivity index (χ3n) is 4.65. The van der Waals surface area contributed by atoms with E-state index < -0.39 is 17.2 Å². The van der Waals surface area contributed by atoms with E-state index in [1.165, 1.54) is 17.0 Å². The van der Waals surface area contributed by atoms with Gasteiger partial charge in [-0.2, -0.15) is 13.2 Å². The van der Waals surface area contributed by atoms with Gasteiger partial charge in [-0.3, -0.25) is 14.5 Å². The Morgan fingerprint density at radius 2 is 1.91 bits per heavy atom. The third-order valence-corrected chi connectivity index (χ3v) is 4.65. The van der Waals surface area contributed by atoms with Crippen molar-refractivity contribution in [3.05, 3.63) is 41.6 Å². The molecule has 122 valence electrons. The first-order chi connectivity index (χ1) is 10.7. The van der Waals surface area contributed by atoms with E-state index in [9.17, 15) is 22.8 Å². The first-order valence-electron chi connectivity index (χ1n) is 7.47. The molecule has 1 heterocycles. The molecule has 1 aliphatic heterocycles. The van der Waals surface area contributed by atoms with E-state index in [-0.39, 0.29) is 23.8 Å². The highest BCUT2D eigenvalue weighted by Crippen LogP contribution is 2.46. The SMILES string of the molecule is CC12CCC(=O)N(c3cccc(C(F)(F)F)c3)C1=CCCC2=O. The van der Waals surface area contributed by atoms with Crippen molar-refractivity contribution in [1.82, 2.24) is 0 Å². The molecule has 0 N–H and O–H groups in total. The molecule has 1 amide bonds. The Labute approximate surface area is 131 Å². The number of piperidine rings is 1. The number of alkyl halides is 3. The van der Waals surface area contributed by atoms with Crippen LogP contribution in [-0.4, -0.2) is 11.7 Å². The van der Waals surface area contributed by atoms with Gasteiger partial charge >= 0.3 is 6.18 Å². The van der Waals surface area contributed by atoms with Gasteiger partial charge in [0.15, 0.2) is 0 Å². The quantitative estimate of drug-likeness (QED) is 0.781. The van der Waals surface area contributed by atoms with E-state index in [1.807, 2.05) is 0 Å². The fraction of sp³-hybridized carbons (Fsp3) is 0.412. The highest BCUT2D eigenvalue weighted by Gasteiger charge is 2.46. The van der Waals surface area contributed by atoms with Gasteiger partial charge in [-0.25, -0.2) is 0 Å². The molecule has 0 spiro atoms. The van der Waals surface area contributed by atoms with E-state index in [1.54, 1.807) is 13.0 Å². The predicted octanol–water partition coefficient (Wildman–Crippen LogP) is 4.09. The van der Waals surface area contributed by atoms with Crippen LogP contribution in [0.5, 0.6) is 0 Å². The van der Waals surface area contributed by atoms with Crippen molar-refractivity contribution < 1.29 is 22.8 Å². The fourth-order valence-corrected chi connectivity index (χ4v) is 3.30. The lowest BCUT2D eigenvalue weighted by molar-refractivity contribution is -0.137. The molecule has 1 atom stereocenters. The van der Waals surface area contributed by atoms with Gasteiger partial charge in [-0.05, 0) is 38.0 Å². The molecule has 1 aliphatic carbocycles. The number of ketones is 1. The van der Waals surface area contributed by atoms with E-state index in [2.05, 4.69) is 0 Å². The summed E-state index contributed by atoms with van der Waals surface area (Å²) < 4.78 is 38.8. The topological polar surface area (TPSA) is 37.4 Å². The average Bonchev–Trinajstić information content (AvgIpc) is 2.49. The Balaban J connectivity index is 2.09. The summed E-state index contributed by atoms with van der Waals surface area (Å²) in [6.07, 6.45) is -1.20. The zero-order valence-corrected chi connectivity index (χ0v) is 12.6. The lowest BCUT2D eigenvalue weighted by Gasteiger charge is -2.44. The molecule has 3 nitrogen and oxygen atoms in total. The number of nitrogens with zero attached hydrogens (tertiary/aromatic N) is 1. The molecule has 23 heavy (non-hydrogen) atoms. The van der Waals surface area contributed by atoms with Gasteiger partial charge in [0.05, 0.1) is 11.0 Å². The van der Waals surface area contributed by atoms with Crippen molar-refractivity contribution in [2.75, 3.05) is 4.90 Å². The molecule has 6 heteroatoms. The van der Waals surface area contributed by atoms with Crippen molar-refractivity contribution in [2.24, 2.45) is 5.41 Å². The van der Waals surface area contributed by atoms with Gasteiger partial charge < -0.3 is 0 Å². The number of amides is 1. The van der Waals surface area contributed by atoms with Crippen LogP contribution in [0, 0.1) is 5.41 Å². The molecule has 1 unspecified atom stereocenters. The van der Waals surface area contributed by atoms with Gasteiger partial charge in [0, 0.05) is 24.2 Å². The van der Waals surface area contributed by atoms with E-state index in [0.29, 0.717) is 25.0 Å². The predicted molar refractivity (Wildman–Crippen MR) is 78.6 cm³/mol. The lowest BCUT2D eigenvalue weighted by atomic mass is 9.70. The number of allylic oxidation sites excluding steroid dienone is 2. The highest BCUT2D eigenvalue weighted by atomic mass is 19.4. The first kappa shape index (κ1) is 15.8. The fourth-order valence-electron chi connectivity index (χ4n) is 3.30. The maximum Gasteiger partial charge on any atom is 0.416 e. The van der Waals surface area contributed by atoms with Crippen LogP contribution in [0.4, 0.5) is 18.9 Å². The Morgan fingerprint density at radius 3 is 2.61 bits per heavy atom. The highest BCUT2D eigenvalue weighted by molar-refractivity contribution is 6.03. The number of carbonyl (C=O) groups is 2. The molecule has 3 rings (SSSR count). The van der Waals surface area contributed by atoms with Crippen LogP contribution in [0.2, 0.25) is 0 Å². The van der Waals surface area contributed by atoms with Gasteiger partial charge in [0.25, 0.3) is 0 Å². The van der Waals surface area contributed by atoms with E-state index in [4.69, 9.17) is 0 Å². The molecular formula is C17H16F3NO2. The molecule has 1 saturated heterocycles. The van der Waals surface area contributed by atoms with Crippen molar-refractivity contribution in [3.8, 4) is 0 Å². The maximum atomic E-state index is 12.9.